The Balaban J connectivity index is 1.99. The molecule has 1 aliphatic rings. The van der Waals surface area contributed by atoms with Crippen LogP contribution in [-0.4, -0.2) is 57.3 Å². The first-order chi connectivity index (χ1) is 14.5. The van der Waals surface area contributed by atoms with Gasteiger partial charge in [-0.3, -0.25) is 14.4 Å². The van der Waals surface area contributed by atoms with E-state index in [-0.39, 0.29) is 17.4 Å². The van der Waals surface area contributed by atoms with Gasteiger partial charge in [0.1, 0.15) is 12.1 Å². The normalized spacial score (nSPS) is 18.3. The number of thioether (sulfide) groups is 1. The zero-order valence-electron chi connectivity index (χ0n) is 18.6. The molecule has 7 nitrogen and oxygen atoms in total. The van der Waals surface area contributed by atoms with Crippen LogP contribution in [-0.2, 0) is 25.6 Å². The number of aliphatic carboxylic acids is 1. The number of carbonyl (C=O) groups excluding carboxylic acids is 3. The number of amides is 2. The standard InChI is InChI=1S/C23H32N2O5S/c1-15(14-31-22(30)23(2,3)4)20(27)25-12-8-11-18(25)19(26)24-17(21(28)29)13-16-9-6-5-7-10-16/h5-7,9-10,15,17-18H,8,11-14H2,1-4H3,(H,24,26)(H,28,29)/t15?,17-,18-/m0/s1. The molecule has 1 aliphatic heterocycles. The Morgan fingerprint density at radius 1 is 1.19 bits per heavy atom. The summed E-state index contributed by atoms with van der Waals surface area (Å²) in [6.45, 7) is 7.72. The fraction of sp³-hybridized carbons (Fsp3) is 0.565. The molecule has 1 fully saturated rings. The third-order valence-electron chi connectivity index (χ3n) is 5.23. The summed E-state index contributed by atoms with van der Waals surface area (Å²) >= 11 is 1.14. The highest BCUT2D eigenvalue weighted by Crippen LogP contribution is 2.26. The lowest BCUT2D eigenvalue weighted by Crippen LogP contribution is -2.52. The van der Waals surface area contributed by atoms with Crippen LogP contribution in [0, 0.1) is 11.3 Å². The molecule has 0 radical (unpaired) electrons. The Morgan fingerprint density at radius 2 is 1.84 bits per heavy atom. The van der Waals surface area contributed by atoms with E-state index in [4.69, 9.17) is 0 Å². The number of benzene rings is 1. The third-order valence-corrected chi connectivity index (χ3v) is 6.78. The zero-order chi connectivity index (χ0) is 23.2. The van der Waals surface area contributed by atoms with E-state index in [1.807, 2.05) is 51.1 Å². The number of rotatable bonds is 8. The molecule has 1 aromatic carbocycles. The van der Waals surface area contributed by atoms with Crippen molar-refractivity contribution >= 4 is 34.7 Å². The Hall–Kier alpha value is -2.35. The van der Waals surface area contributed by atoms with Crippen molar-refractivity contribution in [3.8, 4) is 0 Å². The first kappa shape index (κ1) is 24.9. The first-order valence-electron chi connectivity index (χ1n) is 10.6. The number of carboxylic acid groups (broad SMARTS) is 1. The van der Waals surface area contributed by atoms with E-state index in [1.54, 1.807) is 6.92 Å². The summed E-state index contributed by atoms with van der Waals surface area (Å²) in [6, 6.07) is 7.35. The van der Waals surface area contributed by atoms with Crippen molar-refractivity contribution in [3.63, 3.8) is 0 Å². The SMILES string of the molecule is CC(CSC(=O)C(C)(C)C)C(=O)N1CCC[C@H]1C(=O)N[C@@H](Cc1ccccc1)C(=O)O. The topological polar surface area (TPSA) is 104 Å². The van der Waals surface area contributed by atoms with Gasteiger partial charge >= 0.3 is 5.97 Å². The molecule has 0 aliphatic carbocycles. The summed E-state index contributed by atoms with van der Waals surface area (Å²) < 4.78 is 0. The maximum Gasteiger partial charge on any atom is 0.326 e. The highest BCUT2D eigenvalue weighted by molar-refractivity contribution is 8.13. The van der Waals surface area contributed by atoms with E-state index in [2.05, 4.69) is 5.32 Å². The van der Waals surface area contributed by atoms with E-state index in [1.165, 1.54) is 4.90 Å². The number of nitrogens with one attached hydrogen (secondary N) is 1. The summed E-state index contributed by atoms with van der Waals surface area (Å²) in [5.74, 6) is -1.80. The minimum Gasteiger partial charge on any atom is -0.480 e. The van der Waals surface area contributed by atoms with Gasteiger partial charge in [0.25, 0.3) is 0 Å². The van der Waals surface area contributed by atoms with Gasteiger partial charge in [-0.2, -0.15) is 0 Å². The van der Waals surface area contributed by atoms with Gasteiger partial charge in [0, 0.05) is 30.1 Å². The van der Waals surface area contributed by atoms with Crippen LogP contribution in [0.2, 0.25) is 0 Å². The van der Waals surface area contributed by atoms with Crippen LogP contribution in [0.15, 0.2) is 30.3 Å². The molecule has 170 valence electrons. The molecule has 3 atom stereocenters. The Bertz CT molecular complexity index is 806. The molecule has 1 unspecified atom stereocenters. The highest BCUT2D eigenvalue weighted by Gasteiger charge is 2.37. The van der Waals surface area contributed by atoms with Crippen molar-refractivity contribution in [3.05, 3.63) is 35.9 Å². The van der Waals surface area contributed by atoms with E-state index in [0.29, 0.717) is 25.1 Å². The lowest BCUT2D eigenvalue weighted by atomic mass is 10.00. The predicted octanol–water partition coefficient (Wildman–Crippen LogP) is 2.73. The monoisotopic (exact) mass is 448 g/mol. The number of carbonyl (C=O) groups is 4. The second-order valence-electron chi connectivity index (χ2n) is 9.03. The predicted molar refractivity (Wildman–Crippen MR) is 121 cm³/mol. The lowest BCUT2D eigenvalue weighted by molar-refractivity contribution is -0.144. The van der Waals surface area contributed by atoms with Crippen molar-refractivity contribution in [2.75, 3.05) is 12.3 Å². The van der Waals surface area contributed by atoms with Crippen LogP contribution < -0.4 is 5.32 Å². The van der Waals surface area contributed by atoms with Crippen LogP contribution in [0.25, 0.3) is 0 Å². The van der Waals surface area contributed by atoms with Crippen LogP contribution >= 0.6 is 11.8 Å². The molecule has 8 heteroatoms. The fourth-order valence-electron chi connectivity index (χ4n) is 3.39. The number of carboxylic acids is 1. The number of hydrogen-bond acceptors (Lipinski definition) is 5. The van der Waals surface area contributed by atoms with Crippen LogP contribution in [0.5, 0.6) is 0 Å². The van der Waals surface area contributed by atoms with Gasteiger partial charge in [0.2, 0.25) is 11.8 Å². The van der Waals surface area contributed by atoms with Crippen molar-refractivity contribution in [1.29, 1.82) is 0 Å². The summed E-state index contributed by atoms with van der Waals surface area (Å²) in [5.41, 5.74) is 0.331. The maximum atomic E-state index is 12.9. The Kier molecular flexibility index (Phi) is 8.68. The molecule has 31 heavy (non-hydrogen) atoms. The fourth-order valence-corrected chi connectivity index (χ4v) is 4.37. The molecule has 1 heterocycles. The van der Waals surface area contributed by atoms with Crippen molar-refractivity contribution in [2.24, 2.45) is 11.3 Å². The van der Waals surface area contributed by atoms with Crippen molar-refractivity contribution in [1.82, 2.24) is 10.2 Å². The highest BCUT2D eigenvalue weighted by atomic mass is 32.2. The number of nitrogens with zero attached hydrogens (tertiary/aromatic N) is 1. The molecule has 0 saturated carbocycles. The van der Waals surface area contributed by atoms with Gasteiger partial charge in [-0.05, 0) is 18.4 Å². The molecule has 0 bridgehead atoms. The van der Waals surface area contributed by atoms with Crippen LogP contribution in [0.3, 0.4) is 0 Å². The molecule has 2 rings (SSSR count). The van der Waals surface area contributed by atoms with Gasteiger partial charge in [-0.15, -0.1) is 0 Å². The van der Waals surface area contributed by atoms with Crippen molar-refractivity contribution in [2.45, 2.75) is 59.0 Å². The second-order valence-corrected chi connectivity index (χ2v) is 10.0. The maximum absolute atomic E-state index is 12.9. The molecule has 0 spiro atoms. The van der Waals surface area contributed by atoms with Gasteiger partial charge in [0.15, 0.2) is 5.12 Å². The van der Waals surface area contributed by atoms with Crippen LogP contribution in [0.4, 0.5) is 0 Å². The van der Waals surface area contributed by atoms with Crippen molar-refractivity contribution < 1.29 is 24.3 Å². The van der Waals surface area contributed by atoms with Gasteiger partial charge in [0.05, 0.1) is 0 Å². The summed E-state index contributed by atoms with van der Waals surface area (Å²) in [6.07, 6.45) is 1.35. The summed E-state index contributed by atoms with van der Waals surface area (Å²) in [7, 11) is 0. The third kappa shape index (κ3) is 7.09. The minimum absolute atomic E-state index is 0.0214. The molecule has 2 N–H and O–H groups in total. The quantitative estimate of drug-likeness (QED) is 0.634. The average molecular weight is 449 g/mol. The van der Waals surface area contributed by atoms with E-state index in [9.17, 15) is 24.3 Å². The number of hydrogen-bond donors (Lipinski definition) is 2. The average Bonchev–Trinajstić information content (AvgIpc) is 3.20. The first-order valence-corrected chi connectivity index (χ1v) is 11.5. The van der Waals surface area contributed by atoms with Gasteiger partial charge in [-0.25, -0.2) is 4.79 Å². The second kappa shape index (κ2) is 10.8. The van der Waals surface area contributed by atoms with Gasteiger partial charge < -0.3 is 15.3 Å². The largest absolute Gasteiger partial charge is 0.480 e. The summed E-state index contributed by atoms with van der Waals surface area (Å²) in [5, 5.41) is 12.2. The Morgan fingerprint density at radius 3 is 2.42 bits per heavy atom. The molecule has 1 saturated heterocycles. The smallest absolute Gasteiger partial charge is 0.326 e. The zero-order valence-corrected chi connectivity index (χ0v) is 19.4. The Labute approximate surface area is 188 Å². The van der Waals surface area contributed by atoms with Crippen LogP contribution in [0.1, 0.15) is 46.1 Å². The lowest BCUT2D eigenvalue weighted by Gasteiger charge is -2.28. The molecule has 0 aromatic heterocycles. The molecule has 2 amide bonds. The molecular weight excluding hydrogens is 416 g/mol. The molecular formula is C23H32N2O5S. The number of likely N-dealkylation sites (tertiary alicyclic amines) is 1. The van der Waals surface area contributed by atoms with E-state index in [0.717, 1.165) is 17.3 Å². The summed E-state index contributed by atoms with van der Waals surface area (Å²) in [4.78, 5) is 51.1. The van der Waals surface area contributed by atoms with Gasteiger partial charge in [-0.1, -0.05) is 69.8 Å². The van der Waals surface area contributed by atoms with E-state index < -0.39 is 35.3 Å². The molecule has 1 aromatic rings. The van der Waals surface area contributed by atoms with E-state index >= 15 is 0 Å². The minimum atomic E-state index is -1.11.